The number of halogens is 1. The van der Waals surface area contributed by atoms with Crippen LogP contribution in [0.2, 0.25) is 5.02 Å². The fourth-order valence-corrected chi connectivity index (χ4v) is 11.8. The minimum absolute atomic E-state index is 0.111. The highest BCUT2D eigenvalue weighted by Crippen LogP contribution is 2.34. The van der Waals surface area contributed by atoms with Crippen molar-refractivity contribution in [3.8, 4) is 5.69 Å². The Morgan fingerprint density at radius 1 is 0.959 bits per heavy atom. The molecule has 2 aromatic carbocycles. The molecular formula is C53H70ClN13O5S2. The van der Waals surface area contributed by atoms with Gasteiger partial charge in [-0.25, -0.2) is 19.7 Å². The standard InChI is InChI=1S/C53H70ClN13O5S2/c1-37-33-41(67-28-23-55-36-67)17-14-39(37)34-73-51-62-61-47(74-51)48(69)63(5)24-10-8-6-7-9-11-44(68)65-31-29-64(30-32-65)25-19-43(38-12-15-40(54)16-13-38)59-49(70)53(60-50(71)72-52(2,3)4)20-26-66(27-21-53)46-42-18-22-56-45(42)57-35-58-46/h12-17,23,28,33,35-36,43H,6-11,18-22,24-27,29-32,34H2,1-5H3,(H,59,70)(H,60,71)(H,56,57,58)/t43-/m0/s1. The minimum Gasteiger partial charge on any atom is -0.444 e. The van der Waals surface area contributed by atoms with Crippen LogP contribution in [-0.4, -0.2) is 145 Å². The summed E-state index contributed by atoms with van der Waals surface area (Å²) in [4.78, 5) is 75.9. The Morgan fingerprint density at radius 3 is 2.45 bits per heavy atom. The first-order chi connectivity index (χ1) is 35.6. The van der Waals surface area contributed by atoms with Gasteiger partial charge >= 0.3 is 6.09 Å². The molecule has 396 valence electrons. The number of hydrogen-bond donors (Lipinski definition) is 3. The van der Waals surface area contributed by atoms with Gasteiger partial charge in [0, 0.05) is 107 Å². The van der Waals surface area contributed by atoms with Gasteiger partial charge in [0.05, 0.1) is 12.4 Å². The van der Waals surface area contributed by atoms with E-state index in [2.05, 4.69) is 76.0 Å². The van der Waals surface area contributed by atoms with E-state index in [1.165, 1.54) is 22.5 Å². The van der Waals surface area contributed by atoms with Crippen LogP contribution in [0.1, 0.15) is 117 Å². The van der Waals surface area contributed by atoms with Gasteiger partial charge in [-0.15, -0.1) is 10.2 Å². The lowest BCUT2D eigenvalue weighted by atomic mass is 9.85. The van der Waals surface area contributed by atoms with Crippen LogP contribution in [0.5, 0.6) is 0 Å². The fraction of sp³-hybridized carbons (Fsp3) is 0.528. The van der Waals surface area contributed by atoms with E-state index in [4.69, 9.17) is 16.3 Å². The summed E-state index contributed by atoms with van der Waals surface area (Å²) in [6.45, 7) is 13.4. The molecule has 4 amide bonds. The molecule has 6 heterocycles. The molecule has 0 aliphatic carbocycles. The molecule has 3 N–H and O–H groups in total. The van der Waals surface area contributed by atoms with Crippen LogP contribution in [0.25, 0.3) is 5.69 Å². The predicted octanol–water partition coefficient (Wildman–Crippen LogP) is 8.10. The molecule has 3 aliphatic heterocycles. The van der Waals surface area contributed by atoms with Crippen LogP contribution in [0.15, 0.2) is 71.9 Å². The molecule has 0 radical (unpaired) electrons. The number of fused-ring (bicyclic) bond motifs is 1. The average molecular weight is 1070 g/mol. The minimum atomic E-state index is -1.22. The van der Waals surface area contributed by atoms with Crippen molar-refractivity contribution < 1.29 is 23.9 Å². The molecule has 0 unspecified atom stereocenters. The summed E-state index contributed by atoms with van der Waals surface area (Å²) < 4.78 is 8.45. The average Bonchev–Trinajstić information content (AvgIpc) is 4.21. The number of thioether (sulfide) groups is 1. The monoisotopic (exact) mass is 1070 g/mol. The largest absolute Gasteiger partial charge is 0.444 e. The summed E-state index contributed by atoms with van der Waals surface area (Å²) in [5.74, 6) is 2.26. The van der Waals surface area contributed by atoms with E-state index in [9.17, 15) is 19.2 Å². The molecule has 3 aromatic heterocycles. The van der Waals surface area contributed by atoms with Crippen molar-refractivity contribution in [2.45, 2.75) is 119 Å². The number of piperidine rings is 1. The molecule has 2 fully saturated rings. The number of piperazine rings is 1. The number of aromatic nitrogens is 6. The first-order valence-electron chi connectivity index (χ1n) is 25.8. The van der Waals surface area contributed by atoms with Crippen molar-refractivity contribution in [2.24, 2.45) is 0 Å². The lowest BCUT2D eigenvalue weighted by Gasteiger charge is -2.42. The number of nitrogens with one attached hydrogen (secondary N) is 3. The van der Waals surface area contributed by atoms with Crippen molar-refractivity contribution in [3.05, 3.63) is 99.8 Å². The van der Waals surface area contributed by atoms with Crippen LogP contribution in [-0.2, 0) is 26.5 Å². The third-order valence-corrected chi connectivity index (χ3v) is 16.4. The van der Waals surface area contributed by atoms with Crippen molar-refractivity contribution in [2.75, 3.05) is 76.2 Å². The van der Waals surface area contributed by atoms with E-state index >= 15 is 0 Å². The number of benzene rings is 2. The SMILES string of the molecule is Cc1cc(-n2ccnc2)ccc1CSc1nnc(C(=O)N(C)CCCCCCCC(=O)N2CCN(CC[C@H](NC(=O)C3(NC(=O)OC(C)(C)C)CCN(c4ncnc5c4CCN5)CC3)c3ccc(Cl)cc3)CC2)s1. The number of rotatable bonds is 21. The van der Waals surface area contributed by atoms with Gasteiger partial charge in [0.25, 0.3) is 5.91 Å². The van der Waals surface area contributed by atoms with Crippen molar-refractivity contribution >= 4 is 70.2 Å². The quantitative estimate of drug-likeness (QED) is 0.0471. The maximum atomic E-state index is 14.7. The number of amides is 4. The van der Waals surface area contributed by atoms with Crippen LogP contribution in [0.3, 0.4) is 0 Å². The third kappa shape index (κ3) is 14.5. The maximum absolute atomic E-state index is 14.7. The zero-order valence-electron chi connectivity index (χ0n) is 43.3. The molecule has 2 saturated heterocycles. The first kappa shape index (κ1) is 54.4. The number of nitrogens with zero attached hydrogens (tertiary/aromatic N) is 10. The summed E-state index contributed by atoms with van der Waals surface area (Å²) in [6.07, 6.45) is 13.7. The molecule has 74 heavy (non-hydrogen) atoms. The molecule has 18 nitrogen and oxygen atoms in total. The van der Waals surface area contributed by atoms with E-state index in [0.29, 0.717) is 75.0 Å². The number of unbranched alkanes of at least 4 members (excludes halogenated alkanes) is 4. The van der Waals surface area contributed by atoms with Gasteiger partial charge in [-0.2, -0.15) is 0 Å². The first-order valence-corrected chi connectivity index (χ1v) is 28.0. The van der Waals surface area contributed by atoms with Gasteiger partial charge in [0.1, 0.15) is 29.1 Å². The van der Waals surface area contributed by atoms with Gasteiger partial charge in [0.15, 0.2) is 4.34 Å². The van der Waals surface area contributed by atoms with Gasteiger partial charge in [-0.1, -0.05) is 72.2 Å². The fourth-order valence-electron chi connectivity index (χ4n) is 9.71. The highest BCUT2D eigenvalue weighted by Gasteiger charge is 2.45. The number of aryl methyl sites for hydroxylation is 1. The summed E-state index contributed by atoms with van der Waals surface area (Å²) >= 11 is 9.24. The normalized spacial score (nSPS) is 16.0. The summed E-state index contributed by atoms with van der Waals surface area (Å²) in [5.41, 5.74) is 3.48. The Morgan fingerprint density at radius 2 is 1.72 bits per heavy atom. The summed E-state index contributed by atoms with van der Waals surface area (Å²) in [6, 6.07) is 13.5. The zero-order chi connectivity index (χ0) is 52.2. The molecule has 21 heteroatoms. The van der Waals surface area contributed by atoms with E-state index in [-0.39, 0.29) is 23.8 Å². The van der Waals surface area contributed by atoms with Crippen LogP contribution in [0.4, 0.5) is 16.4 Å². The number of imidazole rings is 1. The van der Waals surface area contributed by atoms with Gasteiger partial charge in [-0.3, -0.25) is 19.3 Å². The van der Waals surface area contributed by atoms with Crippen molar-refractivity contribution in [1.29, 1.82) is 0 Å². The van der Waals surface area contributed by atoms with Crippen LogP contribution < -0.4 is 20.9 Å². The smallest absolute Gasteiger partial charge is 0.408 e. The number of ether oxygens (including phenoxy) is 1. The second-order valence-corrected chi connectivity index (χ2v) is 23.1. The molecule has 8 rings (SSSR count). The molecular weight excluding hydrogens is 998 g/mol. The highest BCUT2D eigenvalue weighted by molar-refractivity contribution is 8.00. The molecule has 0 bridgehead atoms. The molecule has 3 aliphatic rings. The Balaban J connectivity index is 0.745. The van der Waals surface area contributed by atoms with Crippen LogP contribution >= 0.6 is 34.7 Å². The number of carbonyl (C=O) groups excluding carboxylic acids is 4. The van der Waals surface area contributed by atoms with E-state index in [0.717, 1.165) is 96.7 Å². The van der Waals surface area contributed by atoms with E-state index in [1.807, 2.05) is 47.0 Å². The van der Waals surface area contributed by atoms with E-state index in [1.54, 1.807) is 56.3 Å². The lowest BCUT2D eigenvalue weighted by Crippen LogP contribution is -2.64. The molecule has 1 atom stereocenters. The second-order valence-electron chi connectivity index (χ2n) is 20.5. The topological polar surface area (TPSA) is 196 Å². The third-order valence-electron chi connectivity index (χ3n) is 14.0. The number of anilines is 2. The number of alkyl carbamates (subject to hydrolysis) is 1. The summed E-state index contributed by atoms with van der Waals surface area (Å²) in [5, 5.41) is 19.2. The van der Waals surface area contributed by atoms with Crippen LogP contribution in [0, 0.1) is 6.92 Å². The molecule has 0 spiro atoms. The predicted molar refractivity (Wildman–Crippen MR) is 290 cm³/mol. The Labute approximate surface area is 447 Å². The number of carbonyl (C=O) groups is 4. The summed E-state index contributed by atoms with van der Waals surface area (Å²) in [7, 11) is 1.81. The Bertz CT molecular complexity index is 2680. The Hall–Kier alpha value is -5.83. The van der Waals surface area contributed by atoms with Gasteiger partial charge < -0.3 is 40.0 Å². The highest BCUT2D eigenvalue weighted by atomic mass is 35.5. The van der Waals surface area contributed by atoms with Crippen molar-refractivity contribution in [1.82, 2.24) is 55.0 Å². The van der Waals surface area contributed by atoms with Gasteiger partial charge in [0.2, 0.25) is 16.8 Å². The lowest BCUT2D eigenvalue weighted by molar-refractivity contribution is -0.133. The molecule has 5 aromatic rings. The van der Waals surface area contributed by atoms with E-state index < -0.39 is 17.2 Å². The zero-order valence-corrected chi connectivity index (χ0v) is 45.7. The number of hydrogen-bond acceptors (Lipinski definition) is 15. The van der Waals surface area contributed by atoms with Gasteiger partial charge in [-0.05, 0) is 107 Å². The maximum Gasteiger partial charge on any atom is 0.408 e. The van der Waals surface area contributed by atoms with Crippen molar-refractivity contribution in [3.63, 3.8) is 0 Å². The Kier molecular flexibility index (Phi) is 18.5. The second kappa shape index (κ2) is 25.1. The molecule has 0 saturated carbocycles.